The molecule has 0 saturated carbocycles. The predicted molar refractivity (Wildman–Crippen MR) is 59.4 cm³/mol. The van der Waals surface area contributed by atoms with Gasteiger partial charge in [-0.2, -0.15) is 0 Å². The summed E-state index contributed by atoms with van der Waals surface area (Å²) in [5, 5.41) is 0. The highest BCUT2D eigenvalue weighted by Gasteiger charge is 2.14. The summed E-state index contributed by atoms with van der Waals surface area (Å²) in [5.74, 6) is 1.21. The molecular weight excluding hydrogens is 228 g/mol. The first-order valence-electron chi connectivity index (χ1n) is 4.94. The van der Waals surface area contributed by atoms with E-state index >= 15 is 0 Å². The standard InChI is InChI=1S/C11H12O4S/c1-8(12)7-16(13)9-2-3-10-11(6-9)15-5-4-14-10/h2-3,6H,4-5,7H2,1H3. The fourth-order valence-electron chi connectivity index (χ4n) is 1.43. The molecule has 1 aliphatic rings. The van der Waals surface area contributed by atoms with Crippen LogP contribution >= 0.6 is 0 Å². The lowest BCUT2D eigenvalue weighted by molar-refractivity contribution is -0.114. The van der Waals surface area contributed by atoms with Crippen LogP contribution in [0.15, 0.2) is 23.1 Å². The van der Waals surface area contributed by atoms with E-state index in [2.05, 4.69) is 0 Å². The number of ketones is 1. The van der Waals surface area contributed by atoms with E-state index in [0.717, 1.165) is 0 Å². The average Bonchev–Trinajstić information content (AvgIpc) is 2.27. The molecule has 0 amide bonds. The molecule has 0 aromatic heterocycles. The van der Waals surface area contributed by atoms with Gasteiger partial charge in [0.25, 0.3) is 0 Å². The van der Waals surface area contributed by atoms with Gasteiger partial charge in [-0.05, 0) is 19.1 Å². The van der Waals surface area contributed by atoms with E-state index in [1.807, 2.05) is 0 Å². The van der Waals surface area contributed by atoms with Gasteiger partial charge in [0.2, 0.25) is 0 Å². The SMILES string of the molecule is CC(=O)CS(=O)c1ccc2c(c1)OCCO2. The molecule has 0 spiro atoms. The van der Waals surface area contributed by atoms with Gasteiger partial charge in [0.15, 0.2) is 11.5 Å². The van der Waals surface area contributed by atoms with Crippen LogP contribution in [0.25, 0.3) is 0 Å². The normalized spacial score (nSPS) is 15.6. The number of ether oxygens (including phenoxy) is 2. The first kappa shape index (κ1) is 11.1. The molecule has 5 heteroatoms. The summed E-state index contributed by atoms with van der Waals surface area (Å²) in [7, 11) is -1.30. The third-order valence-electron chi connectivity index (χ3n) is 2.11. The molecule has 2 rings (SSSR count). The second-order valence-electron chi connectivity index (χ2n) is 3.50. The van der Waals surface area contributed by atoms with Crippen molar-refractivity contribution in [1.29, 1.82) is 0 Å². The lowest BCUT2D eigenvalue weighted by Gasteiger charge is -2.18. The Balaban J connectivity index is 2.23. The molecule has 4 nitrogen and oxygen atoms in total. The van der Waals surface area contributed by atoms with Crippen LogP contribution in [0.1, 0.15) is 6.92 Å². The molecule has 0 fully saturated rings. The quantitative estimate of drug-likeness (QED) is 0.795. The van der Waals surface area contributed by atoms with Crippen LogP contribution < -0.4 is 9.47 Å². The van der Waals surface area contributed by atoms with Crippen LogP contribution in [0.3, 0.4) is 0 Å². The molecule has 0 saturated heterocycles. The Kier molecular flexibility index (Phi) is 3.24. The van der Waals surface area contributed by atoms with Crippen LogP contribution in [0, 0.1) is 0 Å². The zero-order valence-electron chi connectivity index (χ0n) is 8.89. The van der Waals surface area contributed by atoms with Gasteiger partial charge in [0.1, 0.15) is 19.0 Å². The summed E-state index contributed by atoms with van der Waals surface area (Å²) in [4.78, 5) is 11.5. The van der Waals surface area contributed by atoms with Crippen molar-refractivity contribution in [3.8, 4) is 11.5 Å². The van der Waals surface area contributed by atoms with E-state index in [-0.39, 0.29) is 11.5 Å². The van der Waals surface area contributed by atoms with Gasteiger partial charge in [-0.3, -0.25) is 9.00 Å². The topological polar surface area (TPSA) is 52.6 Å². The van der Waals surface area contributed by atoms with Crippen LogP contribution in [0.2, 0.25) is 0 Å². The molecule has 86 valence electrons. The Bertz CT molecular complexity index is 442. The smallest absolute Gasteiger partial charge is 0.162 e. The maximum Gasteiger partial charge on any atom is 0.162 e. The van der Waals surface area contributed by atoms with Crippen LogP contribution in [0.5, 0.6) is 11.5 Å². The Labute approximate surface area is 96.0 Å². The van der Waals surface area contributed by atoms with E-state index < -0.39 is 10.8 Å². The van der Waals surface area contributed by atoms with Crippen molar-refractivity contribution in [3.63, 3.8) is 0 Å². The van der Waals surface area contributed by atoms with Gasteiger partial charge in [-0.1, -0.05) is 0 Å². The molecule has 1 atom stereocenters. The van der Waals surface area contributed by atoms with Crippen molar-refractivity contribution in [1.82, 2.24) is 0 Å². The van der Waals surface area contributed by atoms with Crippen molar-refractivity contribution < 1.29 is 18.5 Å². The Hall–Kier alpha value is -1.36. The fourth-order valence-corrected chi connectivity index (χ4v) is 2.43. The van der Waals surface area contributed by atoms with Crippen LogP contribution in [-0.4, -0.2) is 29.0 Å². The van der Waals surface area contributed by atoms with Gasteiger partial charge >= 0.3 is 0 Å². The largest absolute Gasteiger partial charge is 0.486 e. The van der Waals surface area contributed by atoms with Crippen molar-refractivity contribution >= 4 is 16.6 Å². The van der Waals surface area contributed by atoms with Crippen molar-refractivity contribution in [2.45, 2.75) is 11.8 Å². The third-order valence-corrected chi connectivity index (χ3v) is 3.56. The van der Waals surface area contributed by atoms with Gasteiger partial charge in [-0.25, -0.2) is 0 Å². The fraction of sp³-hybridized carbons (Fsp3) is 0.364. The molecule has 0 aliphatic carbocycles. The summed E-state index contributed by atoms with van der Waals surface area (Å²) in [6.45, 7) is 2.45. The summed E-state index contributed by atoms with van der Waals surface area (Å²) in [5.41, 5.74) is 0. The molecule has 1 aliphatic heterocycles. The minimum Gasteiger partial charge on any atom is -0.486 e. The Morgan fingerprint density at radius 3 is 2.69 bits per heavy atom. The van der Waals surface area contributed by atoms with Crippen molar-refractivity contribution in [3.05, 3.63) is 18.2 Å². The van der Waals surface area contributed by atoms with Crippen LogP contribution in [-0.2, 0) is 15.6 Å². The summed E-state index contributed by atoms with van der Waals surface area (Å²) >= 11 is 0. The number of fused-ring (bicyclic) bond motifs is 1. The molecule has 1 unspecified atom stereocenters. The Morgan fingerprint density at radius 2 is 2.00 bits per heavy atom. The van der Waals surface area contributed by atoms with E-state index in [0.29, 0.717) is 29.6 Å². The number of hydrogen-bond donors (Lipinski definition) is 0. The second kappa shape index (κ2) is 4.65. The molecule has 1 aromatic rings. The first-order valence-corrected chi connectivity index (χ1v) is 6.26. The maximum atomic E-state index is 11.7. The number of rotatable bonds is 3. The first-order chi connectivity index (χ1) is 7.66. The summed E-state index contributed by atoms with van der Waals surface area (Å²) in [6, 6.07) is 5.10. The minimum absolute atomic E-state index is 0.0413. The lowest BCUT2D eigenvalue weighted by atomic mass is 10.3. The summed E-state index contributed by atoms with van der Waals surface area (Å²) < 4.78 is 22.5. The number of benzene rings is 1. The van der Waals surface area contributed by atoms with Gasteiger partial charge in [0, 0.05) is 11.0 Å². The number of Topliss-reactive ketones (excluding diaryl/α,β-unsaturated/α-hetero) is 1. The third kappa shape index (κ3) is 2.41. The molecular formula is C11H12O4S. The molecule has 16 heavy (non-hydrogen) atoms. The lowest BCUT2D eigenvalue weighted by Crippen LogP contribution is -2.15. The predicted octanol–water partition coefficient (Wildman–Crippen LogP) is 1.15. The van der Waals surface area contributed by atoms with Gasteiger partial charge in [-0.15, -0.1) is 0 Å². The van der Waals surface area contributed by atoms with E-state index in [9.17, 15) is 9.00 Å². The van der Waals surface area contributed by atoms with Gasteiger partial charge < -0.3 is 9.47 Å². The molecule has 0 radical (unpaired) electrons. The molecule has 0 bridgehead atoms. The van der Waals surface area contributed by atoms with E-state index in [4.69, 9.17) is 9.47 Å². The van der Waals surface area contributed by atoms with Gasteiger partial charge in [0.05, 0.1) is 16.6 Å². The Morgan fingerprint density at radius 1 is 1.31 bits per heavy atom. The molecule has 1 heterocycles. The van der Waals surface area contributed by atoms with E-state index in [1.165, 1.54) is 6.92 Å². The molecule has 1 aromatic carbocycles. The average molecular weight is 240 g/mol. The highest BCUT2D eigenvalue weighted by atomic mass is 32.2. The van der Waals surface area contributed by atoms with E-state index in [1.54, 1.807) is 18.2 Å². The monoisotopic (exact) mass is 240 g/mol. The number of carbonyl (C=O) groups excluding carboxylic acids is 1. The minimum atomic E-state index is -1.30. The zero-order chi connectivity index (χ0) is 11.5. The van der Waals surface area contributed by atoms with Crippen LogP contribution in [0.4, 0.5) is 0 Å². The number of carbonyl (C=O) groups is 1. The summed E-state index contributed by atoms with van der Waals surface area (Å²) in [6.07, 6.45) is 0. The highest BCUT2D eigenvalue weighted by molar-refractivity contribution is 7.85. The van der Waals surface area contributed by atoms with Crippen molar-refractivity contribution in [2.75, 3.05) is 19.0 Å². The van der Waals surface area contributed by atoms with Crippen molar-refractivity contribution in [2.24, 2.45) is 0 Å². The zero-order valence-corrected chi connectivity index (χ0v) is 9.71. The second-order valence-corrected chi connectivity index (χ2v) is 4.95. The highest BCUT2D eigenvalue weighted by Crippen LogP contribution is 2.31. The maximum absolute atomic E-state index is 11.7. The number of hydrogen-bond acceptors (Lipinski definition) is 4. The molecule has 0 N–H and O–H groups in total.